The molecular formula is C9H9N7. The van der Waals surface area contributed by atoms with Crippen LogP contribution in [0.5, 0.6) is 0 Å². The summed E-state index contributed by atoms with van der Waals surface area (Å²) < 4.78 is 3.22. The summed E-state index contributed by atoms with van der Waals surface area (Å²) in [5.74, 6) is 1.14. The SMILES string of the molecule is Cn1ncc(-c2nnc3cccnn23)c1N. The van der Waals surface area contributed by atoms with Gasteiger partial charge in [-0.05, 0) is 12.1 Å². The van der Waals surface area contributed by atoms with Gasteiger partial charge in [-0.15, -0.1) is 10.2 Å². The highest BCUT2D eigenvalue weighted by molar-refractivity contribution is 5.69. The van der Waals surface area contributed by atoms with Crippen molar-refractivity contribution in [1.29, 1.82) is 0 Å². The van der Waals surface area contributed by atoms with E-state index in [0.717, 1.165) is 5.56 Å². The Morgan fingerprint density at radius 1 is 1.25 bits per heavy atom. The standard InChI is InChI=1S/C9H9N7/c1-15-8(10)6(5-12-15)9-14-13-7-3-2-4-11-16(7)9/h2-5H,10H2,1H3. The molecule has 2 N–H and O–H groups in total. The number of hydrogen-bond acceptors (Lipinski definition) is 5. The van der Waals surface area contributed by atoms with Crippen LogP contribution in [0.2, 0.25) is 0 Å². The maximum Gasteiger partial charge on any atom is 0.190 e. The van der Waals surface area contributed by atoms with Crippen LogP contribution >= 0.6 is 0 Å². The van der Waals surface area contributed by atoms with Gasteiger partial charge in [0.25, 0.3) is 0 Å². The van der Waals surface area contributed by atoms with Crippen LogP contribution in [0.25, 0.3) is 17.0 Å². The highest BCUT2D eigenvalue weighted by Gasteiger charge is 2.14. The Bertz CT molecular complexity index is 651. The lowest BCUT2D eigenvalue weighted by atomic mass is 10.3. The largest absolute Gasteiger partial charge is 0.383 e. The minimum atomic E-state index is 0.542. The average Bonchev–Trinajstić information content (AvgIpc) is 2.85. The van der Waals surface area contributed by atoms with Crippen molar-refractivity contribution in [2.24, 2.45) is 7.05 Å². The third-order valence-corrected chi connectivity index (χ3v) is 2.40. The third-order valence-electron chi connectivity index (χ3n) is 2.40. The number of aryl methyl sites for hydroxylation is 1. The smallest absolute Gasteiger partial charge is 0.190 e. The van der Waals surface area contributed by atoms with Crippen molar-refractivity contribution >= 4 is 11.5 Å². The van der Waals surface area contributed by atoms with Crippen LogP contribution in [0.3, 0.4) is 0 Å². The normalized spacial score (nSPS) is 11.1. The molecule has 0 aromatic carbocycles. The zero-order valence-electron chi connectivity index (χ0n) is 8.57. The van der Waals surface area contributed by atoms with Crippen molar-refractivity contribution < 1.29 is 0 Å². The zero-order valence-corrected chi connectivity index (χ0v) is 8.57. The molecule has 80 valence electrons. The molecule has 3 heterocycles. The van der Waals surface area contributed by atoms with Gasteiger partial charge in [-0.3, -0.25) is 4.68 Å². The van der Waals surface area contributed by atoms with E-state index in [9.17, 15) is 0 Å². The van der Waals surface area contributed by atoms with Gasteiger partial charge in [0.2, 0.25) is 0 Å². The van der Waals surface area contributed by atoms with Crippen LogP contribution in [-0.2, 0) is 7.05 Å². The fraction of sp³-hybridized carbons (Fsp3) is 0.111. The number of hydrogen-bond donors (Lipinski definition) is 1. The first kappa shape index (κ1) is 8.84. The molecule has 3 aromatic rings. The van der Waals surface area contributed by atoms with Crippen molar-refractivity contribution in [1.82, 2.24) is 29.6 Å². The lowest BCUT2D eigenvalue weighted by Gasteiger charge is -1.97. The van der Waals surface area contributed by atoms with Gasteiger partial charge in [-0.25, -0.2) is 0 Å². The molecule has 0 saturated heterocycles. The second kappa shape index (κ2) is 3.02. The average molecular weight is 215 g/mol. The first-order valence-electron chi connectivity index (χ1n) is 4.71. The fourth-order valence-electron chi connectivity index (χ4n) is 1.53. The molecule has 3 aromatic heterocycles. The molecule has 16 heavy (non-hydrogen) atoms. The summed E-state index contributed by atoms with van der Waals surface area (Å²) in [6.07, 6.45) is 3.33. The molecular weight excluding hydrogens is 206 g/mol. The topological polar surface area (TPSA) is 86.9 Å². The number of anilines is 1. The molecule has 0 bridgehead atoms. The maximum absolute atomic E-state index is 5.88. The van der Waals surface area contributed by atoms with Crippen molar-refractivity contribution in [3.05, 3.63) is 24.5 Å². The van der Waals surface area contributed by atoms with Crippen LogP contribution in [-0.4, -0.2) is 29.6 Å². The van der Waals surface area contributed by atoms with Crippen LogP contribution in [0.1, 0.15) is 0 Å². The van der Waals surface area contributed by atoms with Crippen molar-refractivity contribution in [2.75, 3.05) is 5.73 Å². The lowest BCUT2D eigenvalue weighted by molar-refractivity contribution is 0.779. The summed E-state index contributed by atoms with van der Waals surface area (Å²) in [6, 6.07) is 3.64. The third kappa shape index (κ3) is 1.08. The predicted octanol–water partition coefficient (Wildman–Crippen LogP) is 0.107. The van der Waals surface area contributed by atoms with E-state index in [4.69, 9.17) is 5.73 Å². The van der Waals surface area contributed by atoms with Gasteiger partial charge in [0.15, 0.2) is 11.5 Å². The van der Waals surface area contributed by atoms with E-state index in [0.29, 0.717) is 17.3 Å². The Kier molecular flexibility index (Phi) is 1.67. The van der Waals surface area contributed by atoms with Gasteiger partial charge >= 0.3 is 0 Å². The van der Waals surface area contributed by atoms with E-state index in [2.05, 4.69) is 20.4 Å². The number of nitrogens with zero attached hydrogens (tertiary/aromatic N) is 6. The maximum atomic E-state index is 5.88. The molecule has 0 fully saturated rings. The molecule has 7 heteroatoms. The molecule has 0 saturated carbocycles. The van der Waals surface area contributed by atoms with Crippen LogP contribution in [0, 0.1) is 0 Å². The lowest BCUT2D eigenvalue weighted by Crippen LogP contribution is -2.00. The molecule has 0 aliphatic heterocycles. The molecule has 3 rings (SSSR count). The fourth-order valence-corrected chi connectivity index (χ4v) is 1.53. The van der Waals surface area contributed by atoms with E-state index in [1.54, 1.807) is 34.7 Å². The number of fused-ring (bicyclic) bond motifs is 1. The molecule has 0 amide bonds. The van der Waals surface area contributed by atoms with E-state index in [-0.39, 0.29) is 0 Å². The summed E-state index contributed by atoms with van der Waals surface area (Å²) in [7, 11) is 1.77. The van der Waals surface area contributed by atoms with E-state index >= 15 is 0 Å². The van der Waals surface area contributed by atoms with Crippen molar-refractivity contribution in [3.63, 3.8) is 0 Å². The highest BCUT2D eigenvalue weighted by atomic mass is 15.4. The summed E-state index contributed by atoms with van der Waals surface area (Å²) in [5, 5.41) is 16.3. The van der Waals surface area contributed by atoms with Crippen molar-refractivity contribution in [3.8, 4) is 11.4 Å². The van der Waals surface area contributed by atoms with Gasteiger partial charge in [-0.1, -0.05) is 0 Å². The molecule has 0 radical (unpaired) electrons. The van der Waals surface area contributed by atoms with Gasteiger partial charge in [-0.2, -0.15) is 14.7 Å². The summed E-state index contributed by atoms with van der Waals surface area (Å²) in [4.78, 5) is 0. The molecule has 7 nitrogen and oxygen atoms in total. The Morgan fingerprint density at radius 3 is 2.88 bits per heavy atom. The van der Waals surface area contributed by atoms with Gasteiger partial charge < -0.3 is 5.73 Å². The van der Waals surface area contributed by atoms with Crippen LogP contribution < -0.4 is 5.73 Å². The quantitative estimate of drug-likeness (QED) is 0.622. The highest BCUT2D eigenvalue weighted by Crippen LogP contribution is 2.22. The predicted molar refractivity (Wildman–Crippen MR) is 57.4 cm³/mol. The van der Waals surface area contributed by atoms with Crippen molar-refractivity contribution in [2.45, 2.75) is 0 Å². The zero-order chi connectivity index (χ0) is 11.1. The molecule has 0 aliphatic rings. The Morgan fingerprint density at radius 2 is 2.12 bits per heavy atom. The minimum absolute atomic E-state index is 0.542. The Hall–Kier alpha value is -2.44. The molecule has 0 spiro atoms. The van der Waals surface area contributed by atoms with Gasteiger partial charge in [0, 0.05) is 13.2 Å². The second-order valence-corrected chi connectivity index (χ2v) is 3.38. The monoisotopic (exact) mass is 215 g/mol. The number of nitrogens with two attached hydrogens (primary N) is 1. The number of rotatable bonds is 1. The molecule has 0 atom stereocenters. The first-order valence-corrected chi connectivity index (χ1v) is 4.71. The van der Waals surface area contributed by atoms with Crippen LogP contribution in [0.4, 0.5) is 5.82 Å². The van der Waals surface area contributed by atoms with Crippen LogP contribution in [0.15, 0.2) is 24.5 Å². The number of aromatic nitrogens is 6. The van der Waals surface area contributed by atoms with E-state index in [1.807, 2.05) is 6.07 Å². The Balaban J connectivity index is 2.30. The summed E-state index contributed by atoms with van der Waals surface area (Å²) >= 11 is 0. The van der Waals surface area contributed by atoms with Gasteiger partial charge in [0.05, 0.1) is 11.8 Å². The van der Waals surface area contributed by atoms with E-state index in [1.165, 1.54) is 0 Å². The molecule has 0 unspecified atom stereocenters. The number of nitrogen functional groups attached to an aromatic ring is 1. The second-order valence-electron chi connectivity index (χ2n) is 3.38. The first-order chi connectivity index (χ1) is 7.77. The van der Waals surface area contributed by atoms with E-state index < -0.39 is 0 Å². The van der Waals surface area contributed by atoms with Gasteiger partial charge in [0.1, 0.15) is 5.82 Å². The summed E-state index contributed by atoms with van der Waals surface area (Å²) in [5.41, 5.74) is 7.29. The minimum Gasteiger partial charge on any atom is -0.383 e. The molecule has 0 aliphatic carbocycles. The summed E-state index contributed by atoms with van der Waals surface area (Å²) in [6.45, 7) is 0. The Labute approximate surface area is 90.5 Å².